The molecular weight excluding hydrogens is 228 g/mol. The first-order chi connectivity index (χ1) is 8.60. The van der Waals surface area contributed by atoms with E-state index in [2.05, 4.69) is 20.2 Å². The fourth-order valence-corrected chi connectivity index (χ4v) is 2.43. The summed E-state index contributed by atoms with van der Waals surface area (Å²) >= 11 is 0. The van der Waals surface area contributed by atoms with Gasteiger partial charge in [0.25, 0.3) is 0 Å². The van der Waals surface area contributed by atoms with Crippen molar-refractivity contribution in [3.8, 4) is 0 Å². The van der Waals surface area contributed by atoms with Crippen LogP contribution < -0.4 is 10.2 Å². The second kappa shape index (κ2) is 5.33. The minimum atomic E-state index is 0.0492. The Bertz CT molecular complexity index is 426. The molecule has 2 rings (SSSR count). The molecule has 1 amide bonds. The summed E-state index contributed by atoms with van der Waals surface area (Å²) in [5, 5.41) is 2.72. The molecule has 5 nitrogen and oxygen atoms in total. The largest absolute Gasteiger partial charge is 0.359 e. The maximum atomic E-state index is 11.7. The molecule has 0 bridgehead atoms. The zero-order chi connectivity index (χ0) is 13.1. The molecule has 1 aromatic rings. The van der Waals surface area contributed by atoms with E-state index in [1.165, 1.54) is 0 Å². The van der Waals surface area contributed by atoms with Gasteiger partial charge >= 0.3 is 0 Å². The highest BCUT2D eigenvalue weighted by atomic mass is 16.1. The van der Waals surface area contributed by atoms with E-state index in [0.717, 1.165) is 36.7 Å². The number of aromatic nitrogens is 2. The van der Waals surface area contributed by atoms with Gasteiger partial charge in [-0.3, -0.25) is 4.79 Å². The van der Waals surface area contributed by atoms with Crippen LogP contribution in [0.5, 0.6) is 0 Å². The van der Waals surface area contributed by atoms with Crippen molar-refractivity contribution < 1.29 is 4.79 Å². The Morgan fingerprint density at radius 1 is 1.39 bits per heavy atom. The number of hydrogen-bond acceptors (Lipinski definition) is 4. The molecule has 98 valence electrons. The lowest BCUT2D eigenvalue weighted by molar-refractivity contribution is -0.124. The summed E-state index contributed by atoms with van der Waals surface area (Å²) in [6.45, 7) is 5.58. The summed E-state index contributed by atoms with van der Waals surface area (Å²) in [4.78, 5) is 22.7. The zero-order valence-corrected chi connectivity index (χ0v) is 11.2. The summed E-state index contributed by atoms with van der Waals surface area (Å²) in [6.07, 6.45) is 1.95. The van der Waals surface area contributed by atoms with Crippen molar-refractivity contribution >= 4 is 11.9 Å². The van der Waals surface area contributed by atoms with Crippen molar-refractivity contribution in [2.24, 2.45) is 5.92 Å². The highest BCUT2D eigenvalue weighted by Gasteiger charge is 2.26. The molecule has 1 N–H and O–H groups in total. The first-order valence-electron chi connectivity index (χ1n) is 6.39. The monoisotopic (exact) mass is 248 g/mol. The Labute approximate surface area is 108 Å². The summed E-state index contributed by atoms with van der Waals surface area (Å²) < 4.78 is 0. The molecular formula is C13H20N4O. The van der Waals surface area contributed by atoms with E-state index in [1.807, 2.05) is 19.9 Å². The van der Waals surface area contributed by atoms with Crippen LogP contribution in [0.2, 0.25) is 0 Å². The number of hydrogen-bond donors (Lipinski definition) is 1. The summed E-state index contributed by atoms with van der Waals surface area (Å²) in [7, 11) is 1.69. The molecule has 5 heteroatoms. The SMILES string of the molecule is CNC(=O)C1CCCN(c2nc(C)cc(C)n2)C1. The van der Waals surface area contributed by atoms with Crippen molar-refractivity contribution in [2.45, 2.75) is 26.7 Å². The molecule has 0 saturated carbocycles. The highest BCUT2D eigenvalue weighted by Crippen LogP contribution is 2.21. The van der Waals surface area contributed by atoms with Gasteiger partial charge in [-0.05, 0) is 32.8 Å². The van der Waals surface area contributed by atoms with Crippen molar-refractivity contribution in [3.63, 3.8) is 0 Å². The van der Waals surface area contributed by atoms with Gasteiger partial charge in [0.1, 0.15) is 0 Å². The second-order valence-electron chi connectivity index (χ2n) is 4.85. The van der Waals surface area contributed by atoms with Crippen LogP contribution in [0.4, 0.5) is 5.95 Å². The van der Waals surface area contributed by atoms with Crippen LogP contribution in [0, 0.1) is 19.8 Å². The average Bonchev–Trinajstić information content (AvgIpc) is 2.37. The molecule has 2 heterocycles. The number of anilines is 1. The molecule has 1 saturated heterocycles. The fourth-order valence-electron chi connectivity index (χ4n) is 2.43. The number of nitrogens with one attached hydrogen (secondary N) is 1. The molecule has 1 atom stereocenters. The van der Waals surface area contributed by atoms with E-state index in [4.69, 9.17) is 0 Å². The quantitative estimate of drug-likeness (QED) is 0.850. The van der Waals surface area contributed by atoms with Crippen molar-refractivity contribution in [2.75, 3.05) is 25.0 Å². The third-order valence-electron chi connectivity index (χ3n) is 3.29. The Kier molecular flexibility index (Phi) is 3.79. The molecule has 18 heavy (non-hydrogen) atoms. The molecule has 1 fully saturated rings. The average molecular weight is 248 g/mol. The fraction of sp³-hybridized carbons (Fsp3) is 0.615. The Balaban J connectivity index is 2.15. The van der Waals surface area contributed by atoms with Gasteiger partial charge in [0.2, 0.25) is 11.9 Å². The number of carbonyl (C=O) groups excluding carboxylic acids is 1. The van der Waals surface area contributed by atoms with Crippen LogP contribution in [0.25, 0.3) is 0 Å². The van der Waals surface area contributed by atoms with E-state index in [9.17, 15) is 4.79 Å². The molecule has 0 radical (unpaired) electrons. The lowest BCUT2D eigenvalue weighted by Gasteiger charge is -2.32. The molecule has 1 aliphatic rings. The molecule has 1 unspecified atom stereocenters. The van der Waals surface area contributed by atoms with Gasteiger partial charge in [-0.1, -0.05) is 0 Å². The minimum Gasteiger partial charge on any atom is -0.359 e. The van der Waals surface area contributed by atoms with Gasteiger partial charge in [-0.15, -0.1) is 0 Å². The zero-order valence-electron chi connectivity index (χ0n) is 11.2. The number of aryl methyl sites for hydroxylation is 2. The molecule has 1 aliphatic heterocycles. The van der Waals surface area contributed by atoms with E-state index in [-0.39, 0.29) is 11.8 Å². The van der Waals surface area contributed by atoms with Crippen LogP contribution in [-0.4, -0.2) is 36.0 Å². The van der Waals surface area contributed by atoms with Crippen LogP contribution in [0.1, 0.15) is 24.2 Å². The summed E-state index contributed by atoms with van der Waals surface area (Å²) in [5.74, 6) is 0.915. The van der Waals surface area contributed by atoms with Crippen LogP contribution in [-0.2, 0) is 4.79 Å². The number of nitrogens with zero attached hydrogens (tertiary/aromatic N) is 3. The first kappa shape index (κ1) is 12.8. The van der Waals surface area contributed by atoms with Crippen LogP contribution in [0.3, 0.4) is 0 Å². The second-order valence-corrected chi connectivity index (χ2v) is 4.85. The molecule has 0 aromatic carbocycles. The number of rotatable bonds is 2. The smallest absolute Gasteiger partial charge is 0.225 e. The Morgan fingerprint density at radius 3 is 2.67 bits per heavy atom. The molecule has 0 spiro atoms. The maximum absolute atomic E-state index is 11.7. The van der Waals surface area contributed by atoms with E-state index >= 15 is 0 Å². The van der Waals surface area contributed by atoms with Gasteiger partial charge in [-0.2, -0.15) is 0 Å². The normalized spacial score (nSPS) is 19.7. The molecule has 1 aromatic heterocycles. The maximum Gasteiger partial charge on any atom is 0.225 e. The lowest BCUT2D eigenvalue weighted by atomic mass is 9.97. The van der Waals surface area contributed by atoms with Crippen LogP contribution in [0.15, 0.2) is 6.07 Å². The predicted octanol–water partition coefficient (Wildman–Crippen LogP) is 1.06. The third kappa shape index (κ3) is 2.78. The predicted molar refractivity (Wildman–Crippen MR) is 70.5 cm³/mol. The van der Waals surface area contributed by atoms with Gasteiger partial charge in [0.05, 0.1) is 5.92 Å². The first-order valence-corrected chi connectivity index (χ1v) is 6.39. The highest BCUT2D eigenvalue weighted by molar-refractivity contribution is 5.79. The number of carbonyl (C=O) groups is 1. The van der Waals surface area contributed by atoms with Gasteiger partial charge < -0.3 is 10.2 Å². The standard InChI is InChI=1S/C13H20N4O/c1-9-7-10(2)16-13(15-9)17-6-4-5-11(8-17)12(18)14-3/h7,11H,4-6,8H2,1-3H3,(H,14,18). The third-order valence-corrected chi connectivity index (χ3v) is 3.29. The van der Waals surface area contributed by atoms with E-state index in [0.29, 0.717) is 6.54 Å². The number of amides is 1. The van der Waals surface area contributed by atoms with Gasteiger partial charge in [0.15, 0.2) is 0 Å². The number of piperidine rings is 1. The molecule has 0 aliphatic carbocycles. The lowest BCUT2D eigenvalue weighted by Crippen LogP contribution is -2.43. The van der Waals surface area contributed by atoms with Gasteiger partial charge in [-0.25, -0.2) is 9.97 Å². The minimum absolute atomic E-state index is 0.0492. The van der Waals surface area contributed by atoms with E-state index in [1.54, 1.807) is 7.05 Å². The Hall–Kier alpha value is -1.65. The van der Waals surface area contributed by atoms with Crippen molar-refractivity contribution in [1.82, 2.24) is 15.3 Å². The van der Waals surface area contributed by atoms with Gasteiger partial charge in [0, 0.05) is 31.5 Å². The van der Waals surface area contributed by atoms with Crippen molar-refractivity contribution in [3.05, 3.63) is 17.5 Å². The van der Waals surface area contributed by atoms with Crippen molar-refractivity contribution in [1.29, 1.82) is 0 Å². The van der Waals surface area contributed by atoms with Crippen LogP contribution >= 0.6 is 0 Å². The Morgan fingerprint density at radius 2 is 2.06 bits per heavy atom. The van der Waals surface area contributed by atoms with E-state index < -0.39 is 0 Å². The summed E-state index contributed by atoms with van der Waals surface area (Å²) in [6, 6.07) is 1.96. The topological polar surface area (TPSA) is 58.1 Å². The summed E-state index contributed by atoms with van der Waals surface area (Å²) in [5.41, 5.74) is 1.94.